The average molecular weight is 598 g/mol. The Hall–Kier alpha value is -3.95. The van der Waals surface area contributed by atoms with Crippen molar-refractivity contribution in [1.29, 1.82) is 0 Å². The van der Waals surface area contributed by atoms with Crippen LogP contribution in [0.1, 0.15) is 77.4 Å². The minimum atomic E-state index is -1.78. The molecule has 8 nitrogen and oxygen atoms in total. The van der Waals surface area contributed by atoms with E-state index in [0.29, 0.717) is 31.0 Å². The zero-order chi connectivity index (χ0) is 29.7. The number of ether oxygens (including phenoxy) is 1. The van der Waals surface area contributed by atoms with Crippen LogP contribution in [-0.4, -0.2) is 32.9 Å². The van der Waals surface area contributed by atoms with Gasteiger partial charge in [0.15, 0.2) is 11.2 Å². The number of fused-ring (bicyclic) bond motifs is 7. The van der Waals surface area contributed by atoms with Crippen molar-refractivity contribution in [1.82, 2.24) is 14.0 Å². The molecule has 0 radical (unpaired) electrons. The number of carboxylic acids is 1. The number of benzene rings is 3. The second-order valence-corrected chi connectivity index (χ2v) is 13.1. The van der Waals surface area contributed by atoms with Gasteiger partial charge in [0.2, 0.25) is 0 Å². The number of nitrogens with one attached hydrogen (secondary N) is 2. The Kier molecular flexibility index (Phi) is 7.10. The van der Waals surface area contributed by atoms with E-state index in [1.165, 1.54) is 12.0 Å². The molecule has 3 N–H and O–H groups in total. The predicted octanol–water partition coefficient (Wildman–Crippen LogP) is 6.03. The highest BCUT2D eigenvalue weighted by Crippen LogP contribution is 2.65. The van der Waals surface area contributed by atoms with Gasteiger partial charge >= 0.3 is 5.97 Å². The van der Waals surface area contributed by atoms with Crippen LogP contribution >= 0.6 is 0 Å². The average Bonchev–Trinajstić information content (AvgIpc) is 3.71. The molecule has 2 saturated carbocycles. The van der Waals surface area contributed by atoms with E-state index in [1.807, 2.05) is 54.6 Å². The minimum absolute atomic E-state index is 0.103. The largest absolute Gasteiger partial charge is 0.497 e. The fourth-order valence-electron chi connectivity index (χ4n) is 7.35. The van der Waals surface area contributed by atoms with E-state index >= 15 is 0 Å². The third-order valence-electron chi connectivity index (χ3n) is 9.65. The zero-order valence-corrected chi connectivity index (χ0v) is 24.9. The Balaban J connectivity index is 1.31. The number of amides is 1. The summed E-state index contributed by atoms with van der Waals surface area (Å²) in [5.41, 5.74) is 5.68. The van der Waals surface area contributed by atoms with Crippen LogP contribution in [0.25, 0.3) is 22.2 Å². The molecule has 0 bridgehead atoms. The predicted molar refractivity (Wildman–Crippen MR) is 166 cm³/mol. The number of methoxy groups -OCH3 is 1. The standard InChI is InChI=1S/C34H35N3O5S/c1-42-24-13-15-25-27(17-24)28-18-34(28,33(39)40)20-37-29-16-23(32(38)36-43(41)35-19-21-8-4-2-5-9-21)12-14-26(29)30(31(25)37)22-10-6-3-7-11-22/h2,4-5,8-9,12-17,22,28,35H,3,6-7,10-11,18-20H2,1H3,(H,36,38)(H,39,40). The number of aliphatic carboxylic acids is 1. The Morgan fingerprint density at radius 1 is 1.05 bits per heavy atom. The second kappa shape index (κ2) is 11.0. The lowest BCUT2D eigenvalue weighted by molar-refractivity contribution is -0.144. The quantitative estimate of drug-likeness (QED) is 0.230. The van der Waals surface area contributed by atoms with Crippen molar-refractivity contribution in [2.75, 3.05) is 7.11 Å². The molecule has 3 unspecified atom stereocenters. The third-order valence-corrected chi connectivity index (χ3v) is 10.4. The normalized spacial score (nSPS) is 21.7. The molecule has 7 rings (SSSR count). The molecule has 222 valence electrons. The van der Waals surface area contributed by atoms with Crippen molar-refractivity contribution in [3.05, 3.63) is 89.0 Å². The summed E-state index contributed by atoms with van der Waals surface area (Å²) in [7, 11) is 1.64. The van der Waals surface area contributed by atoms with Crippen LogP contribution in [0.2, 0.25) is 0 Å². The van der Waals surface area contributed by atoms with Gasteiger partial charge in [-0.2, -0.15) is 0 Å². The molecule has 3 aromatic carbocycles. The molecule has 1 amide bonds. The lowest BCUT2D eigenvalue weighted by Gasteiger charge is -2.24. The van der Waals surface area contributed by atoms with Crippen molar-refractivity contribution in [3.63, 3.8) is 0 Å². The Labute approximate surface area is 253 Å². The Morgan fingerprint density at radius 3 is 2.58 bits per heavy atom. The Morgan fingerprint density at radius 2 is 1.84 bits per heavy atom. The molecule has 2 aliphatic carbocycles. The van der Waals surface area contributed by atoms with E-state index in [1.54, 1.807) is 13.2 Å². The van der Waals surface area contributed by atoms with Gasteiger partial charge in [0, 0.05) is 41.0 Å². The molecule has 3 aliphatic rings. The summed E-state index contributed by atoms with van der Waals surface area (Å²) >= 11 is -1.78. The molecule has 1 aliphatic heterocycles. The van der Waals surface area contributed by atoms with Gasteiger partial charge in [0.05, 0.1) is 18.2 Å². The van der Waals surface area contributed by atoms with Gasteiger partial charge in [0.1, 0.15) is 5.75 Å². The molecule has 1 aromatic heterocycles. The van der Waals surface area contributed by atoms with E-state index in [2.05, 4.69) is 20.1 Å². The number of nitrogens with zero attached hydrogens (tertiary/aromatic N) is 1. The summed E-state index contributed by atoms with van der Waals surface area (Å²) in [4.78, 5) is 26.1. The lowest BCUT2D eigenvalue weighted by Crippen LogP contribution is -2.34. The first kappa shape index (κ1) is 27.9. The summed E-state index contributed by atoms with van der Waals surface area (Å²) in [5, 5.41) is 11.6. The fraction of sp³-hybridized carbons (Fsp3) is 0.353. The highest BCUT2D eigenvalue weighted by atomic mass is 32.2. The third kappa shape index (κ3) is 4.84. The number of carbonyl (C=O) groups is 2. The van der Waals surface area contributed by atoms with E-state index in [4.69, 9.17) is 4.74 Å². The van der Waals surface area contributed by atoms with Crippen molar-refractivity contribution in [2.45, 2.75) is 63.5 Å². The smallest absolute Gasteiger partial charge is 0.312 e. The highest BCUT2D eigenvalue weighted by Gasteiger charge is 2.63. The summed E-state index contributed by atoms with van der Waals surface area (Å²) in [5.74, 6) is -0.275. The van der Waals surface area contributed by atoms with E-state index < -0.39 is 28.5 Å². The molecule has 4 aromatic rings. The fourth-order valence-corrected chi connectivity index (χ4v) is 8.00. The summed E-state index contributed by atoms with van der Waals surface area (Å²) in [6.07, 6.45) is 6.28. The van der Waals surface area contributed by atoms with E-state index in [9.17, 15) is 18.9 Å². The van der Waals surface area contributed by atoms with E-state index in [0.717, 1.165) is 64.7 Å². The SMILES string of the molecule is COc1ccc2c(c1)C1CC1(C(=O)O)Cn1c-2c(C2CCCCC2)c2ccc(C(=O)NS(=O)NCc3ccccc3)cc21. The molecular formula is C34H35N3O5S. The number of hydrogen-bond acceptors (Lipinski definition) is 4. The molecule has 2 fully saturated rings. The molecule has 3 atom stereocenters. The van der Waals surface area contributed by atoms with Crippen LogP contribution in [0, 0.1) is 5.41 Å². The monoisotopic (exact) mass is 597 g/mol. The van der Waals surface area contributed by atoms with Gasteiger partial charge in [-0.05, 0) is 72.2 Å². The second-order valence-electron chi connectivity index (χ2n) is 12.1. The minimum Gasteiger partial charge on any atom is -0.497 e. The summed E-state index contributed by atoms with van der Waals surface area (Å²) in [6, 6.07) is 21.3. The molecule has 0 spiro atoms. The lowest BCUT2D eigenvalue weighted by atomic mass is 9.81. The maximum atomic E-state index is 13.3. The number of rotatable bonds is 8. The van der Waals surface area contributed by atoms with E-state index in [-0.39, 0.29) is 5.92 Å². The van der Waals surface area contributed by atoms with Gasteiger partial charge in [0.25, 0.3) is 5.91 Å². The maximum Gasteiger partial charge on any atom is 0.312 e. The Bertz CT molecular complexity index is 1760. The number of hydrogen-bond donors (Lipinski definition) is 3. The first-order chi connectivity index (χ1) is 20.9. The van der Waals surface area contributed by atoms with Gasteiger partial charge < -0.3 is 14.4 Å². The summed E-state index contributed by atoms with van der Waals surface area (Å²) < 4.78 is 25.8. The first-order valence-electron chi connectivity index (χ1n) is 15.0. The van der Waals surface area contributed by atoms with Crippen molar-refractivity contribution < 1.29 is 23.6 Å². The molecule has 43 heavy (non-hydrogen) atoms. The van der Waals surface area contributed by atoms with Crippen molar-refractivity contribution in [3.8, 4) is 17.0 Å². The maximum absolute atomic E-state index is 13.3. The van der Waals surface area contributed by atoms with Crippen LogP contribution in [-0.2, 0) is 29.1 Å². The number of aromatic nitrogens is 1. The van der Waals surface area contributed by atoms with Gasteiger partial charge in [-0.3, -0.25) is 14.3 Å². The topological polar surface area (TPSA) is 110 Å². The van der Waals surface area contributed by atoms with Crippen LogP contribution in [0.15, 0.2) is 66.7 Å². The van der Waals surface area contributed by atoms with Crippen molar-refractivity contribution >= 4 is 34.0 Å². The van der Waals surface area contributed by atoms with Crippen LogP contribution in [0.5, 0.6) is 5.75 Å². The number of carbonyl (C=O) groups excluding carboxylic acids is 1. The van der Waals surface area contributed by atoms with Crippen LogP contribution < -0.4 is 14.2 Å². The first-order valence-corrected chi connectivity index (χ1v) is 16.1. The number of carboxylic acid groups (broad SMARTS) is 1. The van der Waals surface area contributed by atoms with Gasteiger partial charge in [-0.25, -0.2) is 8.93 Å². The van der Waals surface area contributed by atoms with Crippen molar-refractivity contribution in [2.24, 2.45) is 5.41 Å². The van der Waals surface area contributed by atoms with Crippen LogP contribution in [0.3, 0.4) is 0 Å². The zero-order valence-electron chi connectivity index (χ0n) is 24.1. The molecule has 2 heterocycles. The summed E-state index contributed by atoms with van der Waals surface area (Å²) in [6.45, 7) is 0.685. The molecule has 0 saturated heterocycles. The molecular weight excluding hydrogens is 562 g/mol. The highest BCUT2D eigenvalue weighted by molar-refractivity contribution is 7.81. The van der Waals surface area contributed by atoms with Gasteiger partial charge in [-0.1, -0.05) is 55.7 Å². The van der Waals surface area contributed by atoms with Crippen LogP contribution in [0.4, 0.5) is 0 Å². The van der Waals surface area contributed by atoms with Gasteiger partial charge in [-0.15, -0.1) is 0 Å². The molecule has 9 heteroatoms.